The number of hydrogen-bond acceptors (Lipinski definition) is 6. The molecule has 4 rings (SSSR count). The standard InChI is InChI=1S/C20H21N3O4S/c1-14-17(20(22-27-14)15-6-4-3-5-7-15)13-21-28(24,25)16-8-9-18-19(12-16)26-11-10-23(18)2/h3-9,12,21H,10-11,13H2,1-2H3. The van der Waals surface area contributed by atoms with Gasteiger partial charge < -0.3 is 14.2 Å². The summed E-state index contributed by atoms with van der Waals surface area (Å²) in [6.45, 7) is 3.15. The highest BCUT2D eigenvalue weighted by Gasteiger charge is 2.22. The van der Waals surface area contributed by atoms with Gasteiger partial charge in [0.25, 0.3) is 0 Å². The van der Waals surface area contributed by atoms with Crippen molar-refractivity contribution < 1.29 is 17.7 Å². The van der Waals surface area contributed by atoms with Crippen molar-refractivity contribution >= 4 is 15.7 Å². The van der Waals surface area contributed by atoms with Gasteiger partial charge in [-0.1, -0.05) is 35.5 Å². The number of nitrogens with zero attached hydrogens (tertiary/aromatic N) is 2. The van der Waals surface area contributed by atoms with E-state index in [2.05, 4.69) is 9.88 Å². The van der Waals surface area contributed by atoms with E-state index >= 15 is 0 Å². The van der Waals surface area contributed by atoms with Gasteiger partial charge in [0.1, 0.15) is 23.8 Å². The van der Waals surface area contributed by atoms with Crippen LogP contribution < -0.4 is 14.4 Å². The Bertz CT molecular complexity index is 1090. The first-order valence-electron chi connectivity index (χ1n) is 8.94. The lowest BCUT2D eigenvalue weighted by atomic mass is 10.1. The quantitative estimate of drug-likeness (QED) is 0.710. The van der Waals surface area contributed by atoms with Crippen LogP contribution >= 0.6 is 0 Å². The molecule has 0 amide bonds. The number of aromatic nitrogens is 1. The second-order valence-electron chi connectivity index (χ2n) is 6.66. The second-order valence-corrected chi connectivity index (χ2v) is 8.42. The Morgan fingerprint density at radius 2 is 1.96 bits per heavy atom. The van der Waals surface area contributed by atoms with Gasteiger partial charge in [-0.05, 0) is 19.1 Å². The molecule has 0 bridgehead atoms. The van der Waals surface area contributed by atoms with Crippen LogP contribution in [0, 0.1) is 6.92 Å². The third-order valence-corrected chi connectivity index (χ3v) is 6.21. The molecular weight excluding hydrogens is 378 g/mol. The van der Waals surface area contributed by atoms with E-state index in [1.54, 1.807) is 25.1 Å². The van der Waals surface area contributed by atoms with Crippen LogP contribution in [0.3, 0.4) is 0 Å². The van der Waals surface area contributed by atoms with Crippen LogP contribution in [0.4, 0.5) is 5.69 Å². The molecule has 1 aliphatic rings. The minimum atomic E-state index is -3.72. The number of rotatable bonds is 5. The topological polar surface area (TPSA) is 84.7 Å². The number of hydrogen-bond donors (Lipinski definition) is 1. The number of likely N-dealkylation sites (N-methyl/N-ethyl adjacent to an activating group) is 1. The summed E-state index contributed by atoms with van der Waals surface area (Å²) in [7, 11) is -1.77. The zero-order valence-corrected chi connectivity index (χ0v) is 16.5. The molecule has 0 fully saturated rings. The fourth-order valence-corrected chi connectivity index (χ4v) is 4.19. The van der Waals surface area contributed by atoms with E-state index in [1.807, 2.05) is 42.3 Å². The maximum absolute atomic E-state index is 12.8. The fourth-order valence-electron chi connectivity index (χ4n) is 3.18. The Morgan fingerprint density at radius 1 is 1.18 bits per heavy atom. The van der Waals surface area contributed by atoms with Crippen LogP contribution in [-0.4, -0.2) is 33.8 Å². The van der Waals surface area contributed by atoms with E-state index in [1.165, 1.54) is 0 Å². The lowest BCUT2D eigenvalue weighted by molar-refractivity contribution is 0.310. The summed E-state index contributed by atoms with van der Waals surface area (Å²) in [6, 6.07) is 14.4. The van der Waals surface area contributed by atoms with Gasteiger partial charge in [0.2, 0.25) is 10.0 Å². The lowest BCUT2D eigenvalue weighted by Crippen LogP contribution is -2.29. The van der Waals surface area contributed by atoms with E-state index in [-0.39, 0.29) is 11.4 Å². The van der Waals surface area contributed by atoms with E-state index < -0.39 is 10.0 Å². The van der Waals surface area contributed by atoms with Gasteiger partial charge in [-0.2, -0.15) is 0 Å². The molecule has 28 heavy (non-hydrogen) atoms. The number of benzene rings is 2. The second kappa shape index (κ2) is 7.29. The maximum Gasteiger partial charge on any atom is 0.241 e. The van der Waals surface area contributed by atoms with Crippen molar-refractivity contribution in [3.63, 3.8) is 0 Å². The molecule has 146 valence electrons. The fraction of sp³-hybridized carbons (Fsp3) is 0.250. The van der Waals surface area contributed by atoms with E-state index in [0.29, 0.717) is 29.4 Å². The Kier molecular flexibility index (Phi) is 4.82. The van der Waals surface area contributed by atoms with Gasteiger partial charge in [0.15, 0.2) is 0 Å². The molecule has 1 N–H and O–H groups in total. The van der Waals surface area contributed by atoms with Crippen molar-refractivity contribution in [2.75, 3.05) is 25.1 Å². The summed E-state index contributed by atoms with van der Waals surface area (Å²) < 4.78 is 39.2. The normalized spacial score (nSPS) is 13.9. The number of fused-ring (bicyclic) bond motifs is 1. The summed E-state index contributed by atoms with van der Waals surface area (Å²) >= 11 is 0. The summed E-state index contributed by atoms with van der Waals surface area (Å²) in [4.78, 5) is 2.20. The van der Waals surface area contributed by atoms with Crippen LogP contribution in [0.5, 0.6) is 5.75 Å². The Morgan fingerprint density at radius 3 is 2.75 bits per heavy atom. The van der Waals surface area contributed by atoms with Crippen molar-refractivity contribution in [2.24, 2.45) is 0 Å². The van der Waals surface area contributed by atoms with E-state index in [9.17, 15) is 8.42 Å². The summed E-state index contributed by atoms with van der Waals surface area (Å²) in [5.41, 5.74) is 3.10. The molecule has 2 aromatic carbocycles. The maximum atomic E-state index is 12.8. The van der Waals surface area contributed by atoms with Crippen LogP contribution in [0.2, 0.25) is 0 Å². The van der Waals surface area contributed by atoms with Crippen molar-refractivity contribution in [2.45, 2.75) is 18.4 Å². The molecule has 7 nitrogen and oxygen atoms in total. The number of ether oxygens (including phenoxy) is 1. The highest BCUT2D eigenvalue weighted by molar-refractivity contribution is 7.89. The molecule has 0 spiro atoms. The van der Waals surface area contributed by atoms with Gasteiger partial charge in [0.05, 0.1) is 17.1 Å². The average molecular weight is 399 g/mol. The first-order valence-corrected chi connectivity index (χ1v) is 10.4. The molecule has 1 aliphatic heterocycles. The zero-order valence-electron chi connectivity index (χ0n) is 15.7. The number of aryl methyl sites for hydroxylation is 1. The summed E-state index contributed by atoms with van der Waals surface area (Å²) in [5.74, 6) is 1.15. The zero-order chi connectivity index (χ0) is 19.7. The highest BCUT2D eigenvalue weighted by Crippen LogP contribution is 2.33. The van der Waals surface area contributed by atoms with Crippen LogP contribution in [-0.2, 0) is 16.6 Å². The lowest BCUT2D eigenvalue weighted by Gasteiger charge is -2.27. The van der Waals surface area contributed by atoms with Gasteiger partial charge in [-0.25, -0.2) is 13.1 Å². The predicted octanol–water partition coefficient (Wildman–Crippen LogP) is 2.96. The number of anilines is 1. The monoisotopic (exact) mass is 399 g/mol. The van der Waals surface area contributed by atoms with Gasteiger partial charge >= 0.3 is 0 Å². The minimum absolute atomic E-state index is 0.0831. The Labute approximate surface area is 164 Å². The van der Waals surface area contributed by atoms with Gasteiger partial charge in [-0.15, -0.1) is 0 Å². The Balaban J connectivity index is 1.58. The van der Waals surface area contributed by atoms with Crippen molar-refractivity contribution in [3.8, 4) is 17.0 Å². The molecular formula is C20H21N3O4S. The number of sulfonamides is 1. The molecule has 3 aromatic rings. The highest BCUT2D eigenvalue weighted by atomic mass is 32.2. The number of nitrogens with one attached hydrogen (secondary N) is 1. The molecule has 0 saturated carbocycles. The molecule has 0 aliphatic carbocycles. The van der Waals surface area contributed by atoms with Crippen LogP contribution in [0.15, 0.2) is 57.9 Å². The molecule has 0 saturated heterocycles. The average Bonchev–Trinajstić information content (AvgIpc) is 3.07. The molecule has 1 aromatic heterocycles. The SMILES string of the molecule is Cc1onc(-c2ccccc2)c1CNS(=O)(=O)c1ccc2c(c1)OCCN2C. The van der Waals surface area contributed by atoms with Crippen molar-refractivity contribution in [1.82, 2.24) is 9.88 Å². The molecule has 8 heteroatoms. The van der Waals surface area contributed by atoms with Crippen LogP contribution in [0.1, 0.15) is 11.3 Å². The Hall–Kier alpha value is -2.84. The summed E-state index contributed by atoms with van der Waals surface area (Å²) in [5, 5.41) is 4.09. The van der Waals surface area contributed by atoms with E-state index in [4.69, 9.17) is 9.26 Å². The van der Waals surface area contributed by atoms with Gasteiger partial charge in [-0.3, -0.25) is 0 Å². The van der Waals surface area contributed by atoms with Crippen molar-refractivity contribution in [3.05, 3.63) is 59.9 Å². The first kappa shape index (κ1) is 18.5. The molecule has 0 unspecified atom stereocenters. The summed E-state index contributed by atoms with van der Waals surface area (Å²) in [6.07, 6.45) is 0. The predicted molar refractivity (Wildman–Crippen MR) is 106 cm³/mol. The third-order valence-electron chi connectivity index (χ3n) is 4.81. The molecule has 2 heterocycles. The van der Waals surface area contributed by atoms with Gasteiger partial charge in [0, 0.05) is 30.8 Å². The molecule has 0 radical (unpaired) electrons. The van der Waals surface area contributed by atoms with Crippen molar-refractivity contribution in [1.29, 1.82) is 0 Å². The third kappa shape index (κ3) is 3.48. The first-order chi connectivity index (χ1) is 13.5. The largest absolute Gasteiger partial charge is 0.490 e. The smallest absolute Gasteiger partial charge is 0.241 e. The minimum Gasteiger partial charge on any atom is -0.490 e. The molecule has 0 atom stereocenters. The van der Waals surface area contributed by atoms with Crippen LogP contribution in [0.25, 0.3) is 11.3 Å². The van der Waals surface area contributed by atoms with E-state index in [0.717, 1.165) is 17.8 Å².